The quantitative estimate of drug-likeness (QED) is 0.0524. The van der Waals surface area contributed by atoms with Crippen LogP contribution in [0, 0.1) is 11.8 Å². The Labute approximate surface area is 371 Å². The molecule has 2 saturated heterocycles. The Bertz CT molecular complexity index is 1590. The molecular weight excluding hydrogens is 791 g/mol. The molecule has 1 saturated carbocycles. The molecule has 4 amide bonds. The maximum absolute atomic E-state index is 14.5. The van der Waals surface area contributed by atoms with Crippen LogP contribution in [0.4, 0.5) is 9.59 Å². The fourth-order valence-corrected chi connectivity index (χ4v) is 9.24. The Balaban J connectivity index is 1.42. The summed E-state index contributed by atoms with van der Waals surface area (Å²) in [6, 6.07) is 7.94. The Morgan fingerprint density at radius 2 is 1.53 bits per heavy atom. The lowest BCUT2D eigenvalue weighted by atomic mass is 9.80. The number of aliphatic hydroxyl groups is 1. The molecule has 5 N–H and O–H groups in total. The number of alkyl carbamates (subject to hydrolysis) is 2. The second-order valence-electron chi connectivity index (χ2n) is 20.4. The molecule has 5 atom stereocenters. The van der Waals surface area contributed by atoms with Gasteiger partial charge in [0, 0.05) is 37.0 Å². The average Bonchev–Trinajstić information content (AvgIpc) is 3.67. The number of likely N-dealkylation sites (tertiary alicyclic amines) is 1. The summed E-state index contributed by atoms with van der Waals surface area (Å²) in [4.78, 5) is 56.0. The molecule has 0 radical (unpaired) electrons. The lowest BCUT2D eigenvalue weighted by molar-refractivity contribution is -0.256. The topological polar surface area (TPSA) is 179 Å². The molecule has 0 aromatic heterocycles. The molecule has 1 aromatic carbocycles. The number of unbranched alkanes of at least 4 members (excludes halogenated alkanes) is 1. The van der Waals surface area contributed by atoms with Gasteiger partial charge < -0.3 is 45.4 Å². The Kier molecular flexibility index (Phi) is 19.1. The lowest BCUT2D eigenvalue weighted by Gasteiger charge is -2.50. The summed E-state index contributed by atoms with van der Waals surface area (Å²) in [5, 5.41) is 32.3. The van der Waals surface area contributed by atoms with Gasteiger partial charge in [0.25, 0.3) is 0 Å². The van der Waals surface area contributed by atoms with Crippen LogP contribution in [-0.4, -0.2) is 111 Å². The van der Waals surface area contributed by atoms with Crippen LogP contribution < -0.4 is 16.0 Å². The van der Waals surface area contributed by atoms with Crippen molar-refractivity contribution in [2.45, 2.75) is 206 Å². The maximum atomic E-state index is 14.5. The largest absolute Gasteiger partial charge is 0.446 e. The summed E-state index contributed by atoms with van der Waals surface area (Å²) in [5.41, 5.74) is -0.778. The second-order valence-corrected chi connectivity index (χ2v) is 20.4. The lowest BCUT2D eigenvalue weighted by Crippen LogP contribution is -2.60. The summed E-state index contributed by atoms with van der Waals surface area (Å²) in [5.74, 6) is -0.849. The molecular formula is C48H79N5O9. The van der Waals surface area contributed by atoms with E-state index in [4.69, 9.17) is 14.2 Å². The highest BCUT2D eigenvalue weighted by atomic mass is 16.6. The smallest absolute Gasteiger partial charge is 0.408 e. The Hall–Kier alpha value is -3.72. The highest BCUT2D eigenvalue weighted by Gasteiger charge is 2.46. The molecule has 0 bridgehead atoms. The number of aliphatic hydroxyl groups excluding tert-OH is 1. The molecule has 14 nitrogen and oxygen atoms in total. The number of carbonyl (C=O) groups is 4. The van der Waals surface area contributed by atoms with Crippen molar-refractivity contribution in [3.8, 4) is 0 Å². The van der Waals surface area contributed by atoms with Crippen LogP contribution in [-0.2, 0) is 30.2 Å². The van der Waals surface area contributed by atoms with Gasteiger partial charge in [-0.2, -0.15) is 5.06 Å². The molecule has 1 aromatic rings. The monoisotopic (exact) mass is 870 g/mol. The minimum atomic E-state index is -1.24. The van der Waals surface area contributed by atoms with Gasteiger partial charge in [-0.05, 0) is 118 Å². The number of rotatable bonds is 19. The summed E-state index contributed by atoms with van der Waals surface area (Å²) in [6.45, 7) is 18.0. The van der Waals surface area contributed by atoms with E-state index in [0.29, 0.717) is 70.9 Å². The summed E-state index contributed by atoms with van der Waals surface area (Å²) in [7, 11) is 0. The molecule has 350 valence electrons. The van der Waals surface area contributed by atoms with Crippen LogP contribution in [0.2, 0.25) is 0 Å². The Morgan fingerprint density at radius 3 is 2.16 bits per heavy atom. The van der Waals surface area contributed by atoms with Gasteiger partial charge in [-0.3, -0.25) is 9.59 Å². The third-order valence-corrected chi connectivity index (χ3v) is 12.1. The first-order chi connectivity index (χ1) is 29.1. The summed E-state index contributed by atoms with van der Waals surface area (Å²) < 4.78 is 17.5. The molecule has 3 aliphatic rings. The molecule has 14 heteroatoms. The van der Waals surface area contributed by atoms with Crippen molar-refractivity contribution in [1.82, 2.24) is 25.9 Å². The van der Waals surface area contributed by atoms with Gasteiger partial charge in [0.05, 0.1) is 24.1 Å². The first-order valence-electron chi connectivity index (χ1n) is 23.2. The molecule has 3 fully saturated rings. The van der Waals surface area contributed by atoms with Crippen molar-refractivity contribution in [2.75, 3.05) is 13.1 Å². The molecule has 4 rings (SSSR count). The maximum Gasteiger partial charge on any atom is 0.408 e. The fourth-order valence-electron chi connectivity index (χ4n) is 9.24. The minimum absolute atomic E-state index is 0.0957. The SMILES string of the molecule is CC(C)C[C@@H](/C=C/[C@H](Cc1ccccc1)C(=O)N1CCC[C@@H]1C(=O)N[C@@H](CCCCNC(=O)OC1CC(C)(C)N(O)C(C)(C)C1)C(O)OC1CCCCC1)NC(=O)OC(C)(C)C. The van der Waals surface area contributed by atoms with Crippen LogP contribution in [0.15, 0.2) is 42.5 Å². The zero-order valence-electron chi connectivity index (χ0n) is 39.1. The predicted molar refractivity (Wildman–Crippen MR) is 239 cm³/mol. The van der Waals surface area contributed by atoms with Gasteiger partial charge in [0.15, 0.2) is 6.29 Å². The van der Waals surface area contributed by atoms with E-state index in [1.807, 2.05) is 91.0 Å². The normalized spacial score (nSPS) is 21.9. The molecule has 0 spiro atoms. The number of hydrogen-bond donors (Lipinski definition) is 5. The third kappa shape index (κ3) is 16.4. The van der Waals surface area contributed by atoms with E-state index in [1.54, 1.807) is 4.90 Å². The summed E-state index contributed by atoms with van der Waals surface area (Å²) in [6.07, 6.45) is 10.7. The molecule has 2 heterocycles. The van der Waals surface area contributed by atoms with Gasteiger partial charge in [-0.15, -0.1) is 0 Å². The number of nitrogens with zero attached hydrogens (tertiary/aromatic N) is 2. The first-order valence-corrected chi connectivity index (χ1v) is 23.2. The van der Waals surface area contributed by atoms with Crippen LogP contribution in [0.5, 0.6) is 0 Å². The molecule has 62 heavy (non-hydrogen) atoms. The predicted octanol–water partition coefficient (Wildman–Crippen LogP) is 7.79. The number of carbonyl (C=O) groups excluding carboxylic acids is 4. The van der Waals surface area contributed by atoms with Crippen LogP contribution >= 0.6 is 0 Å². The van der Waals surface area contributed by atoms with Gasteiger partial charge >= 0.3 is 12.2 Å². The van der Waals surface area contributed by atoms with E-state index >= 15 is 0 Å². The van der Waals surface area contributed by atoms with Gasteiger partial charge in [0.2, 0.25) is 11.8 Å². The van der Waals surface area contributed by atoms with Crippen molar-refractivity contribution in [3.63, 3.8) is 0 Å². The van der Waals surface area contributed by atoms with E-state index in [9.17, 15) is 29.5 Å². The standard InChI is InChI=1S/C48H79N5O9/c1-33(2)29-36(50-45(58)62-46(3,4)5)26-25-35(30-34-19-12-10-13-20-34)42(55)52-28-18-24-40(52)41(54)51-39(43(56)60-37-21-14-11-15-22-37)23-16-17-27-49-44(57)61-38-31-47(6,7)53(59)48(8,9)32-38/h10,12-13,19-20,25-26,33,35-40,43,56,59H,11,14-18,21-24,27-32H2,1-9H3,(H,49,57)(H,50,58)(H,51,54)/b26-25+/t35-,36-,39+,40-,43?/m1/s1. The van der Waals surface area contributed by atoms with Gasteiger partial charge in [0.1, 0.15) is 17.7 Å². The molecule has 1 unspecified atom stereocenters. The number of hydroxylamine groups is 2. The number of hydrogen-bond acceptors (Lipinski definition) is 10. The number of ether oxygens (including phenoxy) is 3. The van der Waals surface area contributed by atoms with E-state index < -0.39 is 53.2 Å². The van der Waals surface area contributed by atoms with Crippen molar-refractivity contribution in [3.05, 3.63) is 48.0 Å². The van der Waals surface area contributed by atoms with E-state index in [1.165, 1.54) is 5.06 Å². The van der Waals surface area contributed by atoms with Crippen molar-refractivity contribution in [2.24, 2.45) is 11.8 Å². The average molecular weight is 870 g/mol. The van der Waals surface area contributed by atoms with E-state index in [2.05, 4.69) is 29.8 Å². The highest BCUT2D eigenvalue weighted by molar-refractivity contribution is 5.90. The van der Waals surface area contributed by atoms with Gasteiger partial charge in [-0.1, -0.05) is 75.6 Å². The van der Waals surface area contributed by atoms with Gasteiger partial charge in [-0.25, -0.2) is 9.59 Å². The highest BCUT2D eigenvalue weighted by Crippen LogP contribution is 2.38. The number of piperidine rings is 1. The number of benzene rings is 1. The Morgan fingerprint density at radius 1 is 0.871 bits per heavy atom. The summed E-state index contributed by atoms with van der Waals surface area (Å²) >= 11 is 0. The second kappa shape index (κ2) is 23.3. The number of amides is 4. The zero-order chi connectivity index (χ0) is 45.7. The molecule has 1 aliphatic carbocycles. The van der Waals surface area contributed by atoms with Crippen molar-refractivity contribution in [1.29, 1.82) is 0 Å². The zero-order valence-corrected chi connectivity index (χ0v) is 39.1. The van der Waals surface area contributed by atoms with Crippen molar-refractivity contribution < 1.29 is 43.7 Å². The van der Waals surface area contributed by atoms with Crippen molar-refractivity contribution >= 4 is 24.0 Å². The first kappa shape index (κ1) is 50.9. The fraction of sp³-hybridized carbons (Fsp3) is 0.750. The third-order valence-electron chi connectivity index (χ3n) is 12.1. The molecule has 2 aliphatic heterocycles. The van der Waals surface area contributed by atoms with Crippen LogP contribution in [0.25, 0.3) is 0 Å². The van der Waals surface area contributed by atoms with E-state index in [0.717, 1.165) is 37.7 Å². The van der Waals surface area contributed by atoms with E-state index in [-0.39, 0.29) is 36.0 Å². The van der Waals surface area contributed by atoms with Crippen LogP contribution in [0.1, 0.15) is 151 Å². The van der Waals surface area contributed by atoms with Crippen LogP contribution in [0.3, 0.4) is 0 Å². The number of nitrogens with one attached hydrogen (secondary N) is 3. The minimum Gasteiger partial charge on any atom is -0.446 e.